The number of sulfonamides is 1. The molecule has 0 aromatic carbocycles. The summed E-state index contributed by atoms with van der Waals surface area (Å²) < 4.78 is 26.4. The maximum Gasteiger partial charge on any atom is 0.227 e. The number of piperidine rings is 1. The first kappa shape index (κ1) is 17.2. The van der Waals surface area contributed by atoms with Gasteiger partial charge in [-0.25, -0.2) is 13.4 Å². The molecular weight excluding hydrogens is 326 g/mol. The first-order valence-electron chi connectivity index (χ1n) is 8.43. The third-order valence-electron chi connectivity index (χ3n) is 4.84. The fourth-order valence-corrected chi connectivity index (χ4v) is 4.85. The lowest BCUT2D eigenvalue weighted by Gasteiger charge is -2.41. The van der Waals surface area contributed by atoms with Crippen molar-refractivity contribution < 1.29 is 8.42 Å². The molecule has 1 saturated heterocycles. The Kier molecular flexibility index (Phi) is 4.78. The van der Waals surface area contributed by atoms with E-state index >= 15 is 0 Å². The monoisotopic (exact) mass is 351 g/mol. The summed E-state index contributed by atoms with van der Waals surface area (Å²) in [4.78, 5) is 14.1. The maximum atomic E-state index is 12.4. The summed E-state index contributed by atoms with van der Waals surface area (Å²) in [6.45, 7) is 5.15. The van der Waals surface area contributed by atoms with E-state index in [1.807, 2.05) is 31.1 Å². The molecule has 24 heavy (non-hydrogen) atoms. The number of aromatic nitrogens is 3. The Bertz CT molecular complexity index is 804. The first-order valence-corrected chi connectivity index (χ1v) is 10.0. The van der Waals surface area contributed by atoms with Crippen LogP contribution in [0.15, 0.2) is 18.5 Å². The number of hydrogen-bond donors (Lipinski definition) is 1. The van der Waals surface area contributed by atoms with Crippen molar-refractivity contribution >= 4 is 27.0 Å². The molecule has 1 N–H and O–H groups in total. The molecular formula is C16H25N5O2S. The molecule has 0 amide bonds. The standard InChI is InChI=1S/C16H25N5O2S/c1-4-9-24(22,23)21-8-6-12(2)14(11-21)20(3)16-18-10-13-5-7-17-15(13)19-16/h5,7,10,12,14H,4,6,8-9,11H2,1-3H3,(H,17,18,19). The highest BCUT2D eigenvalue weighted by Crippen LogP contribution is 2.26. The summed E-state index contributed by atoms with van der Waals surface area (Å²) in [5.41, 5.74) is 0.797. The second kappa shape index (κ2) is 6.68. The van der Waals surface area contributed by atoms with Crippen molar-refractivity contribution in [3.05, 3.63) is 18.5 Å². The van der Waals surface area contributed by atoms with E-state index in [0.29, 0.717) is 31.4 Å². The van der Waals surface area contributed by atoms with Crippen LogP contribution in [0.5, 0.6) is 0 Å². The third kappa shape index (κ3) is 3.25. The third-order valence-corrected chi connectivity index (χ3v) is 6.88. The van der Waals surface area contributed by atoms with Crippen LogP contribution in [0.4, 0.5) is 5.95 Å². The number of aromatic amines is 1. The van der Waals surface area contributed by atoms with E-state index in [9.17, 15) is 8.42 Å². The smallest absolute Gasteiger partial charge is 0.227 e. The van der Waals surface area contributed by atoms with Gasteiger partial charge in [-0.1, -0.05) is 13.8 Å². The van der Waals surface area contributed by atoms with Crippen molar-refractivity contribution in [1.82, 2.24) is 19.3 Å². The zero-order valence-electron chi connectivity index (χ0n) is 14.4. The predicted molar refractivity (Wildman–Crippen MR) is 95.5 cm³/mol. The normalized spacial score (nSPS) is 22.8. The fraction of sp³-hybridized carbons (Fsp3) is 0.625. The minimum Gasteiger partial charge on any atom is -0.346 e. The number of anilines is 1. The molecule has 132 valence electrons. The lowest BCUT2D eigenvalue weighted by atomic mass is 9.94. The molecule has 1 aliphatic heterocycles. The topological polar surface area (TPSA) is 82.2 Å². The van der Waals surface area contributed by atoms with Gasteiger partial charge in [0, 0.05) is 44.0 Å². The minimum absolute atomic E-state index is 0.0674. The van der Waals surface area contributed by atoms with Crippen LogP contribution in [0.1, 0.15) is 26.7 Å². The van der Waals surface area contributed by atoms with Crippen LogP contribution in [0.25, 0.3) is 11.0 Å². The Morgan fingerprint density at radius 2 is 2.25 bits per heavy atom. The molecule has 2 aromatic rings. The molecule has 8 heteroatoms. The summed E-state index contributed by atoms with van der Waals surface area (Å²) >= 11 is 0. The van der Waals surface area contributed by atoms with Crippen LogP contribution >= 0.6 is 0 Å². The molecule has 0 radical (unpaired) electrons. The molecule has 7 nitrogen and oxygen atoms in total. The number of fused-ring (bicyclic) bond motifs is 1. The second-order valence-electron chi connectivity index (χ2n) is 6.57. The SMILES string of the molecule is CCCS(=O)(=O)N1CCC(C)C(N(C)c2ncc3cc[nH]c3n2)C1. The lowest BCUT2D eigenvalue weighted by molar-refractivity contribution is 0.246. The average Bonchev–Trinajstić information content (AvgIpc) is 3.02. The van der Waals surface area contributed by atoms with Gasteiger partial charge in [-0.15, -0.1) is 0 Å². The highest BCUT2D eigenvalue weighted by atomic mass is 32.2. The quantitative estimate of drug-likeness (QED) is 0.889. The van der Waals surface area contributed by atoms with E-state index in [1.54, 1.807) is 10.5 Å². The van der Waals surface area contributed by atoms with E-state index < -0.39 is 10.0 Å². The van der Waals surface area contributed by atoms with Crippen LogP contribution in [0, 0.1) is 5.92 Å². The van der Waals surface area contributed by atoms with E-state index in [4.69, 9.17) is 0 Å². The summed E-state index contributed by atoms with van der Waals surface area (Å²) in [5.74, 6) is 1.21. The number of hydrogen-bond acceptors (Lipinski definition) is 5. The Labute approximate surface area is 143 Å². The highest BCUT2D eigenvalue weighted by Gasteiger charge is 2.35. The van der Waals surface area contributed by atoms with E-state index in [2.05, 4.69) is 21.9 Å². The van der Waals surface area contributed by atoms with Crippen LogP contribution < -0.4 is 4.90 Å². The van der Waals surface area contributed by atoms with E-state index in [0.717, 1.165) is 17.5 Å². The van der Waals surface area contributed by atoms with Crippen LogP contribution in [-0.2, 0) is 10.0 Å². The Morgan fingerprint density at radius 1 is 1.46 bits per heavy atom. The van der Waals surface area contributed by atoms with Gasteiger partial charge in [-0.3, -0.25) is 0 Å². The highest BCUT2D eigenvalue weighted by molar-refractivity contribution is 7.89. The largest absolute Gasteiger partial charge is 0.346 e. The summed E-state index contributed by atoms with van der Waals surface area (Å²) in [7, 11) is -1.23. The van der Waals surface area contributed by atoms with Crippen molar-refractivity contribution in [3.8, 4) is 0 Å². The summed E-state index contributed by atoms with van der Waals surface area (Å²) in [6.07, 6.45) is 5.12. The van der Waals surface area contributed by atoms with Gasteiger partial charge in [-0.2, -0.15) is 9.29 Å². The Balaban J connectivity index is 1.82. The van der Waals surface area contributed by atoms with Gasteiger partial charge in [0.25, 0.3) is 0 Å². The van der Waals surface area contributed by atoms with E-state index in [-0.39, 0.29) is 11.8 Å². The molecule has 3 heterocycles. The van der Waals surface area contributed by atoms with Crippen molar-refractivity contribution in [2.24, 2.45) is 5.92 Å². The van der Waals surface area contributed by atoms with Crippen molar-refractivity contribution in [2.45, 2.75) is 32.7 Å². The van der Waals surface area contributed by atoms with Gasteiger partial charge >= 0.3 is 0 Å². The molecule has 0 saturated carbocycles. The average molecular weight is 351 g/mol. The number of rotatable bonds is 5. The zero-order chi connectivity index (χ0) is 17.3. The lowest BCUT2D eigenvalue weighted by Crippen LogP contribution is -2.53. The van der Waals surface area contributed by atoms with Gasteiger partial charge in [0.15, 0.2) is 0 Å². The molecule has 2 aromatic heterocycles. The van der Waals surface area contributed by atoms with Gasteiger partial charge < -0.3 is 9.88 Å². The number of H-pyrrole nitrogens is 1. The van der Waals surface area contributed by atoms with Crippen molar-refractivity contribution in [1.29, 1.82) is 0 Å². The van der Waals surface area contributed by atoms with Gasteiger partial charge in [0.05, 0.1) is 5.75 Å². The number of nitrogens with zero attached hydrogens (tertiary/aromatic N) is 4. The number of nitrogens with one attached hydrogen (secondary N) is 1. The van der Waals surface area contributed by atoms with Crippen LogP contribution in [-0.4, -0.2) is 59.6 Å². The molecule has 2 atom stereocenters. The predicted octanol–water partition coefficient (Wildman–Crippen LogP) is 1.84. The van der Waals surface area contributed by atoms with Crippen molar-refractivity contribution in [2.75, 3.05) is 30.8 Å². The van der Waals surface area contributed by atoms with Crippen LogP contribution in [0.2, 0.25) is 0 Å². The minimum atomic E-state index is -3.17. The molecule has 1 aliphatic rings. The fourth-order valence-electron chi connectivity index (χ4n) is 3.31. The molecule has 3 rings (SSSR count). The van der Waals surface area contributed by atoms with Gasteiger partial charge in [0.2, 0.25) is 16.0 Å². The van der Waals surface area contributed by atoms with Gasteiger partial charge in [-0.05, 0) is 24.8 Å². The molecule has 0 aliphatic carbocycles. The molecule has 0 bridgehead atoms. The van der Waals surface area contributed by atoms with Gasteiger partial charge in [0.1, 0.15) is 5.65 Å². The maximum absolute atomic E-state index is 12.4. The van der Waals surface area contributed by atoms with E-state index in [1.165, 1.54) is 0 Å². The second-order valence-corrected chi connectivity index (χ2v) is 8.66. The van der Waals surface area contributed by atoms with Crippen LogP contribution in [0.3, 0.4) is 0 Å². The summed E-state index contributed by atoms with van der Waals surface area (Å²) in [5, 5.41) is 0.969. The number of likely N-dealkylation sites (N-methyl/N-ethyl adjacent to an activating group) is 1. The Hall–Kier alpha value is -1.67. The first-order chi connectivity index (χ1) is 11.4. The molecule has 1 fully saturated rings. The Morgan fingerprint density at radius 3 is 3.00 bits per heavy atom. The molecule has 0 spiro atoms. The van der Waals surface area contributed by atoms with Crippen molar-refractivity contribution in [3.63, 3.8) is 0 Å². The molecule has 2 unspecified atom stereocenters. The summed E-state index contributed by atoms with van der Waals surface area (Å²) in [6, 6.07) is 2.00. The zero-order valence-corrected chi connectivity index (χ0v) is 15.3.